The largest absolute Gasteiger partial charge is 0.377 e. The van der Waals surface area contributed by atoms with Gasteiger partial charge in [0.2, 0.25) is 0 Å². The first kappa shape index (κ1) is 12.1. The molecule has 2 nitrogen and oxygen atoms in total. The van der Waals surface area contributed by atoms with Crippen LogP contribution in [0.25, 0.3) is 0 Å². The molecule has 0 bridgehead atoms. The number of hydrogen-bond donors (Lipinski definition) is 1. The zero-order chi connectivity index (χ0) is 11.5. The first-order chi connectivity index (χ1) is 7.74. The maximum absolute atomic E-state index is 5.55. The van der Waals surface area contributed by atoms with Gasteiger partial charge in [-0.3, -0.25) is 0 Å². The summed E-state index contributed by atoms with van der Waals surface area (Å²) in [4.78, 5) is 3.05. The van der Waals surface area contributed by atoms with E-state index in [1.807, 2.05) is 25.5 Å². The molecule has 1 N–H and O–H groups in total. The van der Waals surface area contributed by atoms with Crippen molar-refractivity contribution in [3.8, 4) is 0 Å². The van der Waals surface area contributed by atoms with Crippen molar-refractivity contribution in [1.82, 2.24) is 5.32 Å². The van der Waals surface area contributed by atoms with Crippen molar-refractivity contribution in [2.24, 2.45) is 0 Å². The van der Waals surface area contributed by atoms with Gasteiger partial charge in [-0.25, -0.2) is 0 Å². The van der Waals surface area contributed by atoms with Crippen LogP contribution < -0.4 is 5.32 Å². The average Bonchev–Trinajstić information content (AvgIpc) is 2.70. The molecular weight excluding hydrogens is 218 g/mol. The molecule has 1 heterocycles. The zero-order valence-corrected chi connectivity index (χ0v) is 11.2. The van der Waals surface area contributed by atoms with Crippen LogP contribution in [0.5, 0.6) is 0 Å². The van der Waals surface area contributed by atoms with Crippen LogP contribution in [0.15, 0.2) is 6.07 Å². The van der Waals surface area contributed by atoms with E-state index in [0.717, 1.165) is 6.42 Å². The second-order valence-corrected chi connectivity index (χ2v) is 5.82. The topological polar surface area (TPSA) is 21.3 Å². The molecule has 1 aliphatic carbocycles. The van der Waals surface area contributed by atoms with Gasteiger partial charge in [0.1, 0.15) is 0 Å². The van der Waals surface area contributed by atoms with Crippen molar-refractivity contribution >= 4 is 11.3 Å². The molecule has 0 saturated heterocycles. The molecule has 1 aliphatic rings. The molecule has 0 spiro atoms. The second-order valence-electron chi connectivity index (χ2n) is 4.60. The van der Waals surface area contributed by atoms with Gasteiger partial charge in [0, 0.05) is 22.9 Å². The van der Waals surface area contributed by atoms with Gasteiger partial charge in [0.15, 0.2) is 0 Å². The zero-order valence-electron chi connectivity index (χ0n) is 10.4. The van der Waals surface area contributed by atoms with Gasteiger partial charge in [0.05, 0.1) is 6.10 Å². The minimum absolute atomic E-state index is 0.346. The molecule has 0 amide bonds. The Hall–Kier alpha value is -0.380. The summed E-state index contributed by atoms with van der Waals surface area (Å²) < 4.78 is 5.55. The lowest BCUT2D eigenvalue weighted by atomic mass is 9.96. The van der Waals surface area contributed by atoms with Crippen LogP contribution in [0.4, 0.5) is 0 Å². The third-order valence-corrected chi connectivity index (χ3v) is 4.63. The predicted octanol–water partition coefficient (Wildman–Crippen LogP) is 2.92. The van der Waals surface area contributed by atoms with Gasteiger partial charge >= 0.3 is 0 Å². The lowest BCUT2D eigenvalue weighted by molar-refractivity contribution is 0.0888. The summed E-state index contributed by atoms with van der Waals surface area (Å²) in [5.41, 5.74) is 1.46. The minimum Gasteiger partial charge on any atom is -0.377 e. The Morgan fingerprint density at radius 3 is 3.12 bits per heavy atom. The molecule has 90 valence electrons. The van der Waals surface area contributed by atoms with Crippen molar-refractivity contribution in [3.05, 3.63) is 21.4 Å². The lowest BCUT2D eigenvalue weighted by Gasteiger charge is -2.20. The van der Waals surface area contributed by atoms with E-state index >= 15 is 0 Å². The highest BCUT2D eigenvalue weighted by Gasteiger charge is 2.22. The van der Waals surface area contributed by atoms with Gasteiger partial charge < -0.3 is 10.1 Å². The Kier molecular flexibility index (Phi) is 4.00. The molecule has 3 heteroatoms. The smallest absolute Gasteiger partial charge is 0.0832 e. The monoisotopic (exact) mass is 239 g/mol. The molecule has 0 aliphatic heterocycles. The van der Waals surface area contributed by atoms with Gasteiger partial charge in [-0.15, -0.1) is 11.3 Å². The molecule has 1 aromatic heterocycles. The number of aryl methyl sites for hydroxylation is 1. The van der Waals surface area contributed by atoms with Gasteiger partial charge in [-0.1, -0.05) is 0 Å². The van der Waals surface area contributed by atoms with E-state index in [1.165, 1.54) is 29.7 Å². The quantitative estimate of drug-likeness (QED) is 0.872. The SMILES string of the molecule is CNC(C)Cc1cc2c(s1)CCCC2OC. The highest BCUT2D eigenvalue weighted by molar-refractivity contribution is 7.12. The number of rotatable bonds is 4. The molecule has 0 radical (unpaired) electrons. The van der Waals surface area contributed by atoms with E-state index in [1.54, 1.807) is 4.88 Å². The molecule has 1 aromatic rings. The number of methoxy groups -OCH3 is 1. The molecular formula is C13H21NOS. The predicted molar refractivity (Wildman–Crippen MR) is 69.2 cm³/mol. The van der Waals surface area contributed by atoms with Gasteiger partial charge in [-0.2, -0.15) is 0 Å². The van der Waals surface area contributed by atoms with E-state index in [-0.39, 0.29) is 0 Å². The van der Waals surface area contributed by atoms with E-state index in [9.17, 15) is 0 Å². The van der Waals surface area contributed by atoms with Gasteiger partial charge in [-0.05, 0) is 51.3 Å². The van der Waals surface area contributed by atoms with Crippen LogP contribution in [0.3, 0.4) is 0 Å². The summed E-state index contributed by atoms with van der Waals surface area (Å²) in [5, 5.41) is 3.29. The molecule has 2 rings (SSSR count). The van der Waals surface area contributed by atoms with Crippen molar-refractivity contribution in [3.63, 3.8) is 0 Å². The molecule has 0 saturated carbocycles. The maximum Gasteiger partial charge on any atom is 0.0832 e. The van der Waals surface area contributed by atoms with E-state index in [0.29, 0.717) is 12.1 Å². The van der Waals surface area contributed by atoms with Crippen molar-refractivity contribution in [1.29, 1.82) is 0 Å². The first-order valence-electron chi connectivity index (χ1n) is 6.06. The fourth-order valence-corrected chi connectivity index (χ4v) is 3.71. The number of nitrogens with one attached hydrogen (secondary N) is 1. The summed E-state index contributed by atoms with van der Waals surface area (Å²) in [6.07, 6.45) is 5.17. The average molecular weight is 239 g/mol. The van der Waals surface area contributed by atoms with Gasteiger partial charge in [0.25, 0.3) is 0 Å². The van der Waals surface area contributed by atoms with E-state index in [4.69, 9.17) is 4.74 Å². The van der Waals surface area contributed by atoms with Crippen molar-refractivity contribution in [2.45, 2.75) is 44.8 Å². The van der Waals surface area contributed by atoms with Crippen LogP contribution in [0.1, 0.15) is 41.2 Å². The molecule has 0 aromatic carbocycles. The van der Waals surface area contributed by atoms with Crippen molar-refractivity contribution < 1.29 is 4.74 Å². The highest BCUT2D eigenvalue weighted by Crippen LogP contribution is 2.37. The Bertz CT molecular complexity index is 348. The van der Waals surface area contributed by atoms with Crippen molar-refractivity contribution in [2.75, 3.05) is 14.2 Å². The van der Waals surface area contributed by atoms with E-state index < -0.39 is 0 Å². The molecule has 2 atom stereocenters. The van der Waals surface area contributed by atoms with Crippen LogP contribution in [-0.2, 0) is 17.6 Å². The Balaban J connectivity index is 2.15. The van der Waals surface area contributed by atoms with Crippen LogP contribution in [0.2, 0.25) is 0 Å². The highest BCUT2D eigenvalue weighted by atomic mass is 32.1. The van der Waals surface area contributed by atoms with Crippen LogP contribution in [0, 0.1) is 0 Å². The summed E-state index contributed by atoms with van der Waals surface area (Å²) in [5.74, 6) is 0. The standard InChI is InChI=1S/C13H21NOS/c1-9(14-2)7-10-8-11-12(15-3)5-4-6-13(11)16-10/h8-9,12,14H,4-7H2,1-3H3. The summed E-state index contributed by atoms with van der Waals surface area (Å²) in [7, 11) is 3.85. The number of thiophene rings is 1. The lowest BCUT2D eigenvalue weighted by Crippen LogP contribution is -2.22. The fraction of sp³-hybridized carbons (Fsp3) is 0.692. The Morgan fingerprint density at radius 1 is 1.62 bits per heavy atom. The Morgan fingerprint density at radius 2 is 2.44 bits per heavy atom. The third kappa shape index (κ3) is 2.47. The molecule has 2 unspecified atom stereocenters. The fourth-order valence-electron chi connectivity index (χ4n) is 2.32. The summed E-state index contributed by atoms with van der Waals surface area (Å²) in [6, 6.07) is 2.92. The number of likely N-dealkylation sites (N-methyl/N-ethyl adjacent to an activating group) is 1. The first-order valence-corrected chi connectivity index (χ1v) is 6.87. The minimum atomic E-state index is 0.346. The van der Waals surface area contributed by atoms with Crippen LogP contribution in [-0.4, -0.2) is 20.2 Å². The normalized spacial score (nSPS) is 21.8. The summed E-state index contributed by atoms with van der Waals surface area (Å²) in [6.45, 7) is 2.23. The number of hydrogen-bond acceptors (Lipinski definition) is 3. The molecule has 16 heavy (non-hydrogen) atoms. The number of fused-ring (bicyclic) bond motifs is 1. The van der Waals surface area contributed by atoms with Crippen LogP contribution >= 0.6 is 11.3 Å². The summed E-state index contributed by atoms with van der Waals surface area (Å²) >= 11 is 1.98. The Labute approximate surface area is 102 Å². The third-order valence-electron chi connectivity index (χ3n) is 3.39. The number of ether oxygens (including phenoxy) is 1. The molecule has 0 fully saturated rings. The van der Waals surface area contributed by atoms with E-state index in [2.05, 4.69) is 18.3 Å². The maximum atomic E-state index is 5.55. The second kappa shape index (κ2) is 5.30.